The molecule has 1 amide bonds. The maximum absolute atomic E-state index is 13.5. The van der Waals surface area contributed by atoms with E-state index < -0.39 is 6.10 Å². The van der Waals surface area contributed by atoms with Crippen LogP contribution in [0.3, 0.4) is 0 Å². The Balaban J connectivity index is 1.62. The second kappa shape index (κ2) is 5.74. The summed E-state index contributed by atoms with van der Waals surface area (Å²) in [5.74, 6) is 0.0798. The highest BCUT2D eigenvalue weighted by atomic mass is 35.5. The Labute approximate surface area is 126 Å². The number of benzene rings is 2. The van der Waals surface area contributed by atoms with Crippen LogP contribution in [-0.4, -0.2) is 12.0 Å². The van der Waals surface area contributed by atoms with Crippen LogP contribution in [0.1, 0.15) is 11.1 Å². The molecule has 5 heteroatoms. The lowest BCUT2D eigenvalue weighted by Crippen LogP contribution is -2.37. The summed E-state index contributed by atoms with van der Waals surface area (Å²) in [7, 11) is 0. The highest BCUT2D eigenvalue weighted by molar-refractivity contribution is 6.30. The lowest BCUT2D eigenvalue weighted by atomic mass is 10.1. The summed E-state index contributed by atoms with van der Waals surface area (Å²) in [6.45, 7) is 0.141. The lowest BCUT2D eigenvalue weighted by Gasteiger charge is -2.11. The van der Waals surface area contributed by atoms with E-state index in [4.69, 9.17) is 16.3 Å². The van der Waals surface area contributed by atoms with Crippen LogP contribution in [0.25, 0.3) is 0 Å². The zero-order valence-corrected chi connectivity index (χ0v) is 11.9. The molecule has 0 unspecified atom stereocenters. The van der Waals surface area contributed by atoms with Crippen molar-refractivity contribution < 1.29 is 13.9 Å². The minimum absolute atomic E-state index is 0.141. The van der Waals surface area contributed by atoms with E-state index in [-0.39, 0.29) is 18.3 Å². The highest BCUT2D eigenvalue weighted by Crippen LogP contribution is 2.31. The minimum atomic E-state index is -0.592. The van der Waals surface area contributed by atoms with Crippen LogP contribution in [0.2, 0.25) is 5.02 Å². The SMILES string of the molecule is O=C(NCc1ccccc1F)[C@H]1Cc2cc(Cl)ccc2O1. The summed E-state index contributed by atoms with van der Waals surface area (Å²) < 4.78 is 19.1. The molecule has 108 valence electrons. The molecule has 1 N–H and O–H groups in total. The zero-order chi connectivity index (χ0) is 14.8. The first kappa shape index (κ1) is 13.9. The number of amides is 1. The number of rotatable bonds is 3. The third-order valence-corrected chi connectivity index (χ3v) is 3.64. The van der Waals surface area contributed by atoms with Gasteiger partial charge in [-0.1, -0.05) is 29.8 Å². The van der Waals surface area contributed by atoms with Crippen molar-refractivity contribution in [1.29, 1.82) is 0 Å². The number of ether oxygens (including phenoxy) is 1. The predicted molar refractivity (Wildman–Crippen MR) is 77.8 cm³/mol. The largest absolute Gasteiger partial charge is 0.480 e. The summed E-state index contributed by atoms with van der Waals surface area (Å²) >= 11 is 5.91. The summed E-state index contributed by atoms with van der Waals surface area (Å²) in [6.07, 6.45) is -0.121. The molecule has 2 aromatic rings. The fraction of sp³-hybridized carbons (Fsp3) is 0.188. The molecule has 0 radical (unpaired) electrons. The topological polar surface area (TPSA) is 38.3 Å². The van der Waals surface area contributed by atoms with Gasteiger partial charge < -0.3 is 10.1 Å². The standard InChI is InChI=1S/C16H13ClFNO2/c17-12-5-6-14-11(7-12)8-15(21-14)16(20)19-9-10-3-1-2-4-13(10)18/h1-7,15H,8-9H2,(H,19,20)/t15-/m1/s1. The fourth-order valence-corrected chi connectivity index (χ4v) is 2.50. The lowest BCUT2D eigenvalue weighted by molar-refractivity contribution is -0.127. The van der Waals surface area contributed by atoms with Gasteiger partial charge in [-0.3, -0.25) is 4.79 Å². The molecule has 3 nitrogen and oxygen atoms in total. The van der Waals surface area contributed by atoms with E-state index >= 15 is 0 Å². The summed E-state index contributed by atoms with van der Waals surface area (Å²) in [5, 5.41) is 3.31. The van der Waals surface area contributed by atoms with E-state index in [0.29, 0.717) is 22.8 Å². The van der Waals surface area contributed by atoms with Crippen LogP contribution in [0, 0.1) is 5.82 Å². The molecule has 0 aliphatic carbocycles. The van der Waals surface area contributed by atoms with Gasteiger partial charge in [-0.25, -0.2) is 4.39 Å². The molecule has 1 aliphatic heterocycles. The summed E-state index contributed by atoms with van der Waals surface area (Å²) in [5.41, 5.74) is 1.36. The van der Waals surface area contributed by atoms with Crippen LogP contribution in [-0.2, 0) is 17.8 Å². The average molecular weight is 306 g/mol. The maximum atomic E-state index is 13.5. The van der Waals surface area contributed by atoms with E-state index in [9.17, 15) is 9.18 Å². The molecule has 1 aliphatic rings. The molecule has 1 atom stereocenters. The first-order valence-electron chi connectivity index (χ1n) is 6.59. The second-order valence-electron chi connectivity index (χ2n) is 4.87. The van der Waals surface area contributed by atoms with Crippen LogP contribution in [0.4, 0.5) is 4.39 Å². The van der Waals surface area contributed by atoms with Gasteiger partial charge in [0.15, 0.2) is 6.10 Å². The maximum Gasteiger partial charge on any atom is 0.261 e. The van der Waals surface area contributed by atoms with Crippen molar-refractivity contribution in [3.63, 3.8) is 0 Å². The van der Waals surface area contributed by atoms with Crippen LogP contribution in [0.5, 0.6) is 5.75 Å². The molecule has 0 aromatic heterocycles. The summed E-state index contributed by atoms with van der Waals surface area (Å²) in [4.78, 5) is 12.1. The number of hydrogen-bond donors (Lipinski definition) is 1. The third kappa shape index (κ3) is 3.00. The molecule has 0 saturated carbocycles. The first-order valence-corrected chi connectivity index (χ1v) is 6.97. The van der Waals surface area contributed by atoms with Gasteiger partial charge in [0.05, 0.1) is 0 Å². The van der Waals surface area contributed by atoms with Gasteiger partial charge in [-0.2, -0.15) is 0 Å². The Morgan fingerprint density at radius 3 is 2.95 bits per heavy atom. The normalized spacial score (nSPS) is 16.2. The van der Waals surface area contributed by atoms with Crippen molar-refractivity contribution in [3.05, 3.63) is 64.4 Å². The van der Waals surface area contributed by atoms with Gasteiger partial charge in [-0.05, 0) is 29.8 Å². The number of carbonyl (C=O) groups is 1. The Kier molecular flexibility index (Phi) is 3.80. The van der Waals surface area contributed by atoms with E-state index in [1.165, 1.54) is 6.07 Å². The quantitative estimate of drug-likeness (QED) is 0.946. The van der Waals surface area contributed by atoms with Gasteiger partial charge in [0.1, 0.15) is 11.6 Å². The molecule has 0 bridgehead atoms. The number of carbonyl (C=O) groups excluding carboxylic acids is 1. The smallest absolute Gasteiger partial charge is 0.261 e. The highest BCUT2D eigenvalue weighted by Gasteiger charge is 2.29. The van der Waals surface area contributed by atoms with E-state index in [2.05, 4.69) is 5.32 Å². The van der Waals surface area contributed by atoms with Crippen LogP contribution in [0.15, 0.2) is 42.5 Å². The second-order valence-corrected chi connectivity index (χ2v) is 5.31. The van der Waals surface area contributed by atoms with E-state index in [0.717, 1.165) is 5.56 Å². The van der Waals surface area contributed by atoms with Crippen molar-refractivity contribution in [2.75, 3.05) is 0 Å². The number of nitrogens with one attached hydrogen (secondary N) is 1. The molecule has 0 saturated heterocycles. The van der Waals surface area contributed by atoms with Gasteiger partial charge in [-0.15, -0.1) is 0 Å². The Morgan fingerprint density at radius 2 is 2.14 bits per heavy atom. The van der Waals surface area contributed by atoms with Gasteiger partial charge in [0, 0.05) is 23.6 Å². The molecule has 2 aromatic carbocycles. The number of halogens is 2. The minimum Gasteiger partial charge on any atom is -0.480 e. The van der Waals surface area contributed by atoms with E-state index in [1.807, 2.05) is 0 Å². The fourth-order valence-electron chi connectivity index (χ4n) is 2.30. The van der Waals surface area contributed by atoms with Crippen molar-refractivity contribution in [3.8, 4) is 5.75 Å². The molecule has 21 heavy (non-hydrogen) atoms. The average Bonchev–Trinajstić information content (AvgIpc) is 2.89. The van der Waals surface area contributed by atoms with Crippen molar-refractivity contribution in [1.82, 2.24) is 5.32 Å². The molecular formula is C16H13ClFNO2. The Bertz CT molecular complexity index is 690. The Hall–Kier alpha value is -2.07. The van der Waals surface area contributed by atoms with Crippen LogP contribution >= 0.6 is 11.6 Å². The first-order chi connectivity index (χ1) is 10.1. The van der Waals surface area contributed by atoms with E-state index in [1.54, 1.807) is 36.4 Å². The van der Waals surface area contributed by atoms with Crippen molar-refractivity contribution in [2.24, 2.45) is 0 Å². The Morgan fingerprint density at radius 1 is 1.33 bits per heavy atom. The van der Waals surface area contributed by atoms with Gasteiger partial charge in [0.25, 0.3) is 5.91 Å². The monoisotopic (exact) mass is 305 g/mol. The zero-order valence-electron chi connectivity index (χ0n) is 11.1. The van der Waals surface area contributed by atoms with Crippen LogP contribution < -0.4 is 10.1 Å². The van der Waals surface area contributed by atoms with Crippen molar-refractivity contribution >= 4 is 17.5 Å². The third-order valence-electron chi connectivity index (χ3n) is 3.40. The van der Waals surface area contributed by atoms with Gasteiger partial charge >= 0.3 is 0 Å². The molecule has 1 heterocycles. The molecule has 0 spiro atoms. The molecule has 0 fully saturated rings. The van der Waals surface area contributed by atoms with Crippen molar-refractivity contribution in [2.45, 2.75) is 19.1 Å². The predicted octanol–water partition coefficient (Wildman–Crippen LogP) is 3.10. The van der Waals surface area contributed by atoms with Gasteiger partial charge in [0.2, 0.25) is 0 Å². The summed E-state index contributed by atoms with van der Waals surface area (Å²) in [6, 6.07) is 11.6. The number of hydrogen-bond acceptors (Lipinski definition) is 2. The molecule has 3 rings (SSSR count). The number of fused-ring (bicyclic) bond motifs is 1. The molecular weight excluding hydrogens is 293 g/mol.